The number of carbonyl (C=O) groups excluding carboxylic acids is 1. The third kappa shape index (κ3) is 5.02. The van der Waals surface area contributed by atoms with E-state index in [-0.39, 0.29) is 5.78 Å². The van der Waals surface area contributed by atoms with E-state index in [1.807, 2.05) is 37.3 Å². The first-order valence-electron chi connectivity index (χ1n) is 9.10. The number of nitrogens with one attached hydrogen (secondary N) is 2. The lowest BCUT2D eigenvalue weighted by molar-refractivity contribution is 0.101. The predicted molar refractivity (Wildman–Crippen MR) is 102 cm³/mol. The molecule has 0 radical (unpaired) electrons. The van der Waals surface area contributed by atoms with Crippen LogP contribution in [0, 0.1) is 6.92 Å². The Balaban J connectivity index is 1.71. The number of hydrogen-bond donors (Lipinski definition) is 2. The van der Waals surface area contributed by atoms with E-state index in [4.69, 9.17) is 0 Å². The summed E-state index contributed by atoms with van der Waals surface area (Å²) in [5, 5.41) is 6.87. The second-order valence-electron chi connectivity index (χ2n) is 6.78. The van der Waals surface area contributed by atoms with Crippen LogP contribution in [-0.2, 0) is 0 Å². The van der Waals surface area contributed by atoms with Gasteiger partial charge < -0.3 is 10.6 Å². The average Bonchev–Trinajstić information content (AvgIpc) is 2.83. The molecule has 0 saturated heterocycles. The third-order valence-electron chi connectivity index (χ3n) is 4.61. The number of anilines is 3. The summed E-state index contributed by atoms with van der Waals surface area (Å²) in [5.41, 5.74) is 1.61. The number of aryl methyl sites for hydroxylation is 1. The van der Waals surface area contributed by atoms with E-state index in [1.54, 1.807) is 6.92 Å². The van der Waals surface area contributed by atoms with E-state index in [1.165, 1.54) is 38.5 Å². The Hall–Kier alpha value is -2.43. The van der Waals surface area contributed by atoms with Gasteiger partial charge in [-0.05, 0) is 51.0 Å². The fraction of sp³-hybridized carbons (Fsp3) is 0.450. The van der Waals surface area contributed by atoms with Crippen molar-refractivity contribution in [2.24, 2.45) is 0 Å². The van der Waals surface area contributed by atoms with Gasteiger partial charge in [0.25, 0.3) is 0 Å². The van der Waals surface area contributed by atoms with Crippen LogP contribution in [0.5, 0.6) is 0 Å². The maximum Gasteiger partial charge on any atom is 0.159 e. The molecular weight excluding hydrogens is 312 g/mol. The Morgan fingerprint density at radius 1 is 1.00 bits per heavy atom. The van der Waals surface area contributed by atoms with Crippen LogP contribution in [0.3, 0.4) is 0 Å². The number of rotatable bonds is 5. The van der Waals surface area contributed by atoms with Crippen molar-refractivity contribution in [3.05, 3.63) is 41.7 Å². The van der Waals surface area contributed by atoms with Gasteiger partial charge >= 0.3 is 0 Å². The van der Waals surface area contributed by atoms with Crippen molar-refractivity contribution < 1.29 is 4.79 Å². The molecule has 2 aromatic rings. The van der Waals surface area contributed by atoms with Gasteiger partial charge in [0, 0.05) is 23.4 Å². The SMILES string of the molecule is CC(=O)c1ccc(Nc2cc(NC3CCCCCC3)nc(C)n2)cc1. The van der Waals surface area contributed by atoms with Gasteiger partial charge in [-0.15, -0.1) is 0 Å². The summed E-state index contributed by atoms with van der Waals surface area (Å²) in [6.45, 7) is 3.48. The Morgan fingerprint density at radius 2 is 1.64 bits per heavy atom. The fourth-order valence-electron chi connectivity index (χ4n) is 3.27. The van der Waals surface area contributed by atoms with Gasteiger partial charge in [0.2, 0.25) is 0 Å². The fourth-order valence-corrected chi connectivity index (χ4v) is 3.27. The van der Waals surface area contributed by atoms with Gasteiger partial charge in [-0.3, -0.25) is 4.79 Å². The first-order valence-corrected chi connectivity index (χ1v) is 9.10. The summed E-state index contributed by atoms with van der Waals surface area (Å²) in [7, 11) is 0. The molecular formula is C20H26N4O. The van der Waals surface area contributed by atoms with E-state index in [0.29, 0.717) is 11.6 Å². The third-order valence-corrected chi connectivity index (χ3v) is 4.61. The minimum absolute atomic E-state index is 0.0688. The van der Waals surface area contributed by atoms with Crippen LogP contribution in [0.2, 0.25) is 0 Å². The zero-order valence-electron chi connectivity index (χ0n) is 15.0. The highest BCUT2D eigenvalue weighted by Crippen LogP contribution is 2.23. The molecule has 0 unspecified atom stereocenters. The maximum atomic E-state index is 11.4. The molecule has 0 spiro atoms. The molecule has 5 heteroatoms. The number of ketones is 1. The summed E-state index contributed by atoms with van der Waals surface area (Å²) in [6.07, 6.45) is 7.66. The topological polar surface area (TPSA) is 66.9 Å². The molecule has 1 heterocycles. The van der Waals surface area contributed by atoms with Crippen molar-refractivity contribution in [1.29, 1.82) is 0 Å². The lowest BCUT2D eigenvalue weighted by Gasteiger charge is -2.18. The molecule has 1 saturated carbocycles. The number of nitrogens with zero attached hydrogens (tertiary/aromatic N) is 2. The van der Waals surface area contributed by atoms with Crippen LogP contribution >= 0.6 is 0 Å². The molecule has 2 N–H and O–H groups in total. The molecule has 1 aromatic heterocycles. The molecule has 1 aromatic carbocycles. The molecule has 0 bridgehead atoms. The van der Waals surface area contributed by atoms with E-state index in [2.05, 4.69) is 20.6 Å². The van der Waals surface area contributed by atoms with E-state index < -0.39 is 0 Å². The Morgan fingerprint density at radius 3 is 2.28 bits per heavy atom. The summed E-state index contributed by atoms with van der Waals surface area (Å²) in [6, 6.07) is 9.89. The Kier molecular flexibility index (Phi) is 5.64. The van der Waals surface area contributed by atoms with Gasteiger partial charge in [-0.2, -0.15) is 0 Å². The zero-order chi connectivity index (χ0) is 17.6. The van der Waals surface area contributed by atoms with Crippen LogP contribution in [0.1, 0.15) is 61.6 Å². The lowest BCUT2D eigenvalue weighted by Crippen LogP contribution is -2.19. The van der Waals surface area contributed by atoms with Crippen molar-refractivity contribution in [2.45, 2.75) is 58.4 Å². The molecule has 132 valence electrons. The quantitative estimate of drug-likeness (QED) is 0.601. The number of hydrogen-bond acceptors (Lipinski definition) is 5. The number of Topliss-reactive ketones (excluding diaryl/α,β-unsaturated/α-hetero) is 1. The number of benzene rings is 1. The molecule has 0 amide bonds. The first kappa shape index (κ1) is 17.4. The second-order valence-corrected chi connectivity index (χ2v) is 6.78. The van der Waals surface area contributed by atoms with Crippen LogP contribution in [-0.4, -0.2) is 21.8 Å². The number of carbonyl (C=O) groups is 1. The summed E-state index contributed by atoms with van der Waals surface area (Å²) in [5.74, 6) is 2.45. The van der Waals surface area contributed by atoms with Gasteiger partial charge in [0.05, 0.1) is 0 Å². The molecule has 1 fully saturated rings. The molecule has 3 rings (SSSR count). The summed E-state index contributed by atoms with van der Waals surface area (Å²) < 4.78 is 0. The van der Waals surface area contributed by atoms with Crippen LogP contribution in [0.4, 0.5) is 17.3 Å². The average molecular weight is 338 g/mol. The molecule has 25 heavy (non-hydrogen) atoms. The molecule has 1 aliphatic carbocycles. The van der Waals surface area contributed by atoms with Gasteiger partial charge in [0.1, 0.15) is 17.5 Å². The van der Waals surface area contributed by atoms with E-state index >= 15 is 0 Å². The molecule has 1 aliphatic rings. The molecule has 5 nitrogen and oxygen atoms in total. The largest absolute Gasteiger partial charge is 0.367 e. The summed E-state index contributed by atoms with van der Waals surface area (Å²) >= 11 is 0. The van der Waals surface area contributed by atoms with Crippen LogP contribution < -0.4 is 10.6 Å². The normalized spacial score (nSPS) is 15.4. The summed E-state index contributed by atoms with van der Waals surface area (Å²) in [4.78, 5) is 20.4. The minimum Gasteiger partial charge on any atom is -0.367 e. The van der Waals surface area contributed by atoms with Crippen molar-refractivity contribution in [1.82, 2.24) is 9.97 Å². The monoisotopic (exact) mass is 338 g/mol. The first-order chi connectivity index (χ1) is 12.1. The van der Waals surface area contributed by atoms with Crippen LogP contribution in [0.25, 0.3) is 0 Å². The highest BCUT2D eigenvalue weighted by atomic mass is 16.1. The molecule has 0 aliphatic heterocycles. The standard InChI is InChI=1S/C20H26N4O/c1-14(25)16-9-11-18(12-10-16)24-20-13-19(21-15(2)22-20)23-17-7-5-3-4-6-8-17/h9-13,17H,3-8H2,1-2H3,(H2,21,22,23,24). The van der Waals surface area contributed by atoms with Crippen molar-refractivity contribution in [3.63, 3.8) is 0 Å². The number of aromatic nitrogens is 2. The predicted octanol–water partition coefficient (Wildman–Crippen LogP) is 4.87. The molecule has 0 atom stereocenters. The van der Waals surface area contributed by atoms with Crippen molar-refractivity contribution in [2.75, 3.05) is 10.6 Å². The van der Waals surface area contributed by atoms with E-state index in [9.17, 15) is 4.79 Å². The van der Waals surface area contributed by atoms with Gasteiger partial charge in [0.15, 0.2) is 5.78 Å². The van der Waals surface area contributed by atoms with Gasteiger partial charge in [-0.25, -0.2) is 9.97 Å². The van der Waals surface area contributed by atoms with E-state index in [0.717, 1.165) is 23.1 Å². The van der Waals surface area contributed by atoms with Crippen molar-refractivity contribution >= 4 is 23.1 Å². The Bertz CT molecular complexity index is 719. The smallest absolute Gasteiger partial charge is 0.159 e. The Labute approximate surface area is 149 Å². The second kappa shape index (κ2) is 8.10. The van der Waals surface area contributed by atoms with Crippen LogP contribution in [0.15, 0.2) is 30.3 Å². The zero-order valence-corrected chi connectivity index (χ0v) is 15.0. The van der Waals surface area contributed by atoms with Crippen molar-refractivity contribution in [3.8, 4) is 0 Å². The lowest BCUT2D eigenvalue weighted by atomic mass is 10.1. The highest BCUT2D eigenvalue weighted by molar-refractivity contribution is 5.94. The minimum atomic E-state index is 0.0688. The van der Waals surface area contributed by atoms with Gasteiger partial charge in [-0.1, -0.05) is 25.7 Å². The maximum absolute atomic E-state index is 11.4. The highest BCUT2D eigenvalue weighted by Gasteiger charge is 2.13.